The van der Waals surface area contributed by atoms with Gasteiger partial charge in [0.2, 0.25) is 0 Å². The van der Waals surface area contributed by atoms with Crippen LogP contribution < -0.4 is 0 Å². The van der Waals surface area contributed by atoms with E-state index in [1.807, 2.05) is 6.20 Å². The largest absolute Gasteiger partial charge is 0.256 e. The zero-order valence-corrected chi connectivity index (χ0v) is 8.96. The van der Waals surface area contributed by atoms with E-state index in [9.17, 15) is 0 Å². The molecule has 0 atom stereocenters. The highest BCUT2D eigenvalue weighted by molar-refractivity contribution is 5.80. The lowest BCUT2D eigenvalue weighted by Gasteiger charge is -2.04. The molecule has 14 heavy (non-hydrogen) atoms. The minimum Gasteiger partial charge on any atom is -0.256 e. The maximum Gasteiger partial charge on any atom is 0.0704 e. The van der Waals surface area contributed by atoms with Crippen molar-refractivity contribution in [2.24, 2.45) is 0 Å². The van der Waals surface area contributed by atoms with Gasteiger partial charge in [0, 0.05) is 11.6 Å². The molecule has 2 aromatic rings. The molecule has 0 unspecified atom stereocenters. The predicted octanol–water partition coefficient (Wildman–Crippen LogP) is 3.41. The highest BCUT2D eigenvalue weighted by atomic mass is 14.6. The average molecular weight is 185 g/mol. The van der Waals surface area contributed by atoms with Crippen LogP contribution in [0.3, 0.4) is 0 Å². The summed E-state index contributed by atoms with van der Waals surface area (Å²) < 4.78 is 0. The third kappa shape index (κ3) is 1.50. The quantitative estimate of drug-likeness (QED) is 0.663. The third-order valence-electron chi connectivity index (χ3n) is 2.76. The second-order valence-electron chi connectivity index (χ2n) is 3.83. The van der Waals surface area contributed by atoms with Crippen LogP contribution in [-0.2, 0) is 6.42 Å². The molecule has 0 radical (unpaired) electrons. The van der Waals surface area contributed by atoms with Crippen LogP contribution in [0.5, 0.6) is 0 Å². The molecule has 72 valence electrons. The minimum atomic E-state index is 1.05. The fourth-order valence-electron chi connectivity index (χ4n) is 1.63. The van der Waals surface area contributed by atoms with E-state index in [2.05, 4.69) is 44.0 Å². The second-order valence-corrected chi connectivity index (χ2v) is 3.83. The lowest BCUT2D eigenvalue weighted by Crippen LogP contribution is -1.87. The lowest BCUT2D eigenvalue weighted by molar-refractivity contribution is 1.12. The van der Waals surface area contributed by atoms with Gasteiger partial charge in [0.15, 0.2) is 0 Å². The monoisotopic (exact) mass is 185 g/mol. The van der Waals surface area contributed by atoms with E-state index in [1.54, 1.807) is 0 Å². The van der Waals surface area contributed by atoms with E-state index >= 15 is 0 Å². The molecule has 0 saturated carbocycles. The Kier molecular flexibility index (Phi) is 2.24. The van der Waals surface area contributed by atoms with Gasteiger partial charge in [-0.25, -0.2) is 0 Å². The Labute approximate surface area is 84.8 Å². The van der Waals surface area contributed by atoms with E-state index < -0.39 is 0 Å². The van der Waals surface area contributed by atoms with Crippen LogP contribution in [0.25, 0.3) is 10.9 Å². The summed E-state index contributed by atoms with van der Waals surface area (Å²) in [7, 11) is 0. The second kappa shape index (κ2) is 3.41. The molecule has 1 aromatic heterocycles. The van der Waals surface area contributed by atoms with Gasteiger partial charge >= 0.3 is 0 Å². The molecule has 0 aliphatic carbocycles. The number of benzene rings is 1. The van der Waals surface area contributed by atoms with Crippen molar-refractivity contribution in [3.05, 3.63) is 41.1 Å². The molecule has 1 aromatic carbocycles. The summed E-state index contributed by atoms with van der Waals surface area (Å²) >= 11 is 0. The molecular formula is C13H15N. The summed E-state index contributed by atoms with van der Waals surface area (Å²) in [5, 5.41) is 1.26. The standard InChI is InChI=1S/C13H15N/c1-4-11-7-12-5-9(2)10(3)6-13(12)14-8-11/h5-8H,4H2,1-3H3. The highest BCUT2D eigenvalue weighted by Crippen LogP contribution is 2.18. The third-order valence-corrected chi connectivity index (χ3v) is 2.76. The summed E-state index contributed by atoms with van der Waals surface area (Å²) in [5.41, 5.74) is 5.06. The fourth-order valence-corrected chi connectivity index (χ4v) is 1.63. The number of aryl methyl sites for hydroxylation is 3. The van der Waals surface area contributed by atoms with Crippen LogP contribution in [-0.4, -0.2) is 4.98 Å². The SMILES string of the molecule is CCc1cnc2cc(C)c(C)cc2c1. The Morgan fingerprint density at radius 2 is 1.79 bits per heavy atom. The normalized spacial score (nSPS) is 10.8. The number of aromatic nitrogens is 1. The van der Waals surface area contributed by atoms with Gasteiger partial charge < -0.3 is 0 Å². The molecule has 1 nitrogen and oxygen atoms in total. The van der Waals surface area contributed by atoms with Crippen molar-refractivity contribution in [1.29, 1.82) is 0 Å². The van der Waals surface area contributed by atoms with Crippen molar-refractivity contribution in [3.63, 3.8) is 0 Å². The van der Waals surface area contributed by atoms with Crippen LogP contribution in [0.4, 0.5) is 0 Å². The molecule has 0 fully saturated rings. The number of fused-ring (bicyclic) bond motifs is 1. The van der Waals surface area contributed by atoms with E-state index in [-0.39, 0.29) is 0 Å². The van der Waals surface area contributed by atoms with Crippen molar-refractivity contribution >= 4 is 10.9 Å². The maximum atomic E-state index is 4.45. The van der Waals surface area contributed by atoms with Crippen LogP contribution in [0.15, 0.2) is 24.4 Å². The first kappa shape index (κ1) is 9.20. The van der Waals surface area contributed by atoms with Crippen molar-refractivity contribution < 1.29 is 0 Å². The van der Waals surface area contributed by atoms with Crippen LogP contribution in [0.1, 0.15) is 23.6 Å². The van der Waals surface area contributed by atoms with E-state index in [0.29, 0.717) is 0 Å². The molecule has 1 heterocycles. The molecule has 0 bridgehead atoms. The van der Waals surface area contributed by atoms with E-state index in [1.165, 1.54) is 22.1 Å². The molecule has 0 saturated heterocycles. The van der Waals surface area contributed by atoms with Crippen molar-refractivity contribution in [3.8, 4) is 0 Å². The van der Waals surface area contributed by atoms with Gasteiger partial charge in [-0.05, 0) is 55.2 Å². The first-order chi connectivity index (χ1) is 6.70. The van der Waals surface area contributed by atoms with Gasteiger partial charge in [-0.15, -0.1) is 0 Å². The number of pyridine rings is 1. The number of rotatable bonds is 1. The van der Waals surface area contributed by atoms with Gasteiger partial charge in [0.25, 0.3) is 0 Å². The zero-order valence-electron chi connectivity index (χ0n) is 8.96. The van der Waals surface area contributed by atoms with E-state index in [0.717, 1.165) is 11.9 Å². The summed E-state index contributed by atoms with van der Waals surface area (Å²) in [4.78, 5) is 4.45. The Morgan fingerprint density at radius 3 is 2.50 bits per heavy atom. The Hall–Kier alpha value is -1.37. The summed E-state index contributed by atoms with van der Waals surface area (Å²) in [6, 6.07) is 6.61. The highest BCUT2D eigenvalue weighted by Gasteiger charge is 1.99. The first-order valence-electron chi connectivity index (χ1n) is 5.06. The maximum absolute atomic E-state index is 4.45. The average Bonchev–Trinajstić information content (AvgIpc) is 2.19. The molecule has 1 heteroatoms. The molecule has 0 aliphatic rings. The smallest absolute Gasteiger partial charge is 0.0704 e. The summed E-state index contributed by atoms with van der Waals surface area (Å²) in [6.45, 7) is 6.43. The summed E-state index contributed by atoms with van der Waals surface area (Å²) in [5.74, 6) is 0. The predicted molar refractivity (Wildman–Crippen MR) is 60.6 cm³/mol. The molecule has 0 spiro atoms. The van der Waals surface area contributed by atoms with Gasteiger partial charge in [0.1, 0.15) is 0 Å². The number of nitrogens with zero attached hydrogens (tertiary/aromatic N) is 1. The van der Waals surface area contributed by atoms with Gasteiger partial charge in [-0.2, -0.15) is 0 Å². The van der Waals surface area contributed by atoms with E-state index in [4.69, 9.17) is 0 Å². The summed E-state index contributed by atoms with van der Waals surface area (Å²) in [6.07, 6.45) is 3.02. The number of hydrogen-bond donors (Lipinski definition) is 0. The topological polar surface area (TPSA) is 12.9 Å². The van der Waals surface area contributed by atoms with Crippen LogP contribution in [0, 0.1) is 13.8 Å². The molecule has 2 rings (SSSR count). The van der Waals surface area contributed by atoms with Crippen molar-refractivity contribution in [2.45, 2.75) is 27.2 Å². The molecule has 0 aliphatic heterocycles. The Morgan fingerprint density at radius 1 is 1.07 bits per heavy atom. The van der Waals surface area contributed by atoms with Crippen LogP contribution >= 0.6 is 0 Å². The zero-order chi connectivity index (χ0) is 10.1. The number of hydrogen-bond acceptors (Lipinski definition) is 1. The Balaban J connectivity index is 2.70. The molecule has 0 amide bonds. The van der Waals surface area contributed by atoms with Crippen molar-refractivity contribution in [1.82, 2.24) is 4.98 Å². The molecular weight excluding hydrogens is 170 g/mol. The lowest BCUT2D eigenvalue weighted by atomic mass is 10.0. The molecule has 0 N–H and O–H groups in total. The fraction of sp³-hybridized carbons (Fsp3) is 0.308. The first-order valence-corrected chi connectivity index (χ1v) is 5.06. The van der Waals surface area contributed by atoms with Gasteiger partial charge in [-0.1, -0.05) is 6.92 Å². The van der Waals surface area contributed by atoms with Gasteiger partial charge in [-0.3, -0.25) is 4.98 Å². The van der Waals surface area contributed by atoms with Crippen molar-refractivity contribution in [2.75, 3.05) is 0 Å². The van der Waals surface area contributed by atoms with Crippen LogP contribution in [0.2, 0.25) is 0 Å². The Bertz CT molecular complexity index is 472. The minimum absolute atomic E-state index is 1.05. The van der Waals surface area contributed by atoms with Gasteiger partial charge in [0.05, 0.1) is 5.52 Å².